The number of hydrogen-bond acceptors (Lipinski definition) is 4. The van der Waals surface area contributed by atoms with Crippen LogP contribution in [0.3, 0.4) is 0 Å². The van der Waals surface area contributed by atoms with Crippen LogP contribution in [0.2, 0.25) is 0 Å². The topological polar surface area (TPSA) is 72.2 Å². The number of nitrogen functional groups attached to an aromatic ring is 1. The smallest absolute Gasteiger partial charge is 0.225 e. The van der Waals surface area contributed by atoms with Gasteiger partial charge in [0, 0.05) is 34.0 Å². The van der Waals surface area contributed by atoms with Crippen LogP contribution in [0.4, 0.5) is 11.4 Å². The van der Waals surface area contributed by atoms with Crippen LogP contribution in [0.5, 0.6) is 0 Å². The summed E-state index contributed by atoms with van der Waals surface area (Å²) in [4.78, 5) is 24.1. The van der Waals surface area contributed by atoms with Crippen LogP contribution in [-0.2, 0) is 4.79 Å². The van der Waals surface area contributed by atoms with E-state index in [1.54, 1.807) is 36.0 Å². The first-order valence-corrected chi connectivity index (χ1v) is 7.92. The number of nitrogens with one attached hydrogen (secondary N) is 1. The molecule has 0 aliphatic carbocycles. The predicted octanol–water partition coefficient (Wildman–Crippen LogP) is 3.59. The third kappa shape index (κ3) is 4.93. The monoisotopic (exact) mass is 314 g/mol. The van der Waals surface area contributed by atoms with Gasteiger partial charge >= 0.3 is 0 Å². The van der Waals surface area contributed by atoms with Gasteiger partial charge in [-0.2, -0.15) is 0 Å². The van der Waals surface area contributed by atoms with Gasteiger partial charge in [-0.3, -0.25) is 9.59 Å². The Hall–Kier alpha value is -2.27. The summed E-state index contributed by atoms with van der Waals surface area (Å²) < 4.78 is 0. The zero-order valence-corrected chi connectivity index (χ0v) is 13.2. The van der Waals surface area contributed by atoms with Crippen molar-refractivity contribution in [2.75, 3.05) is 16.8 Å². The molecule has 0 radical (unpaired) electrons. The molecular formula is C17H18N2O2S. The minimum atomic E-state index is -0.0430. The Morgan fingerprint density at radius 3 is 2.27 bits per heavy atom. The van der Waals surface area contributed by atoms with Gasteiger partial charge in [0.2, 0.25) is 5.91 Å². The fraction of sp³-hybridized carbons (Fsp3) is 0.176. The fourth-order valence-electron chi connectivity index (χ4n) is 1.84. The molecule has 0 aromatic heterocycles. The summed E-state index contributed by atoms with van der Waals surface area (Å²) in [5, 5.41) is 2.82. The summed E-state index contributed by atoms with van der Waals surface area (Å²) in [5.74, 6) is 0.665. The van der Waals surface area contributed by atoms with Crippen LogP contribution in [0.15, 0.2) is 53.4 Å². The van der Waals surface area contributed by atoms with Crippen molar-refractivity contribution in [3.05, 3.63) is 54.1 Å². The molecule has 0 heterocycles. The maximum Gasteiger partial charge on any atom is 0.225 e. The van der Waals surface area contributed by atoms with E-state index in [-0.39, 0.29) is 11.7 Å². The summed E-state index contributed by atoms with van der Waals surface area (Å²) >= 11 is 1.61. The molecule has 2 rings (SSSR count). The minimum absolute atomic E-state index is 0.0118. The number of nitrogens with two attached hydrogens (primary N) is 1. The van der Waals surface area contributed by atoms with Crippen molar-refractivity contribution >= 4 is 34.8 Å². The minimum Gasteiger partial charge on any atom is -0.399 e. The number of carbonyl (C=O) groups is 2. The van der Waals surface area contributed by atoms with Gasteiger partial charge in [-0.1, -0.05) is 0 Å². The summed E-state index contributed by atoms with van der Waals surface area (Å²) in [7, 11) is 0. The Kier molecular flexibility index (Phi) is 5.61. The molecule has 3 N–H and O–H groups in total. The quantitative estimate of drug-likeness (QED) is 0.485. The van der Waals surface area contributed by atoms with Crippen molar-refractivity contribution in [1.29, 1.82) is 0 Å². The van der Waals surface area contributed by atoms with Crippen LogP contribution in [-0.4, -0.2) is 17.4 Å². The van der Waals surface area contributed by atoms with Crippen molar-refractivity contribution in [2.24, 2.45) is 0 Å². The number of carbonyl (C=O) groups excluding carboxylic acids is 2. The van der Waals surface area contributed by atoms with Gasteiger partial charge in [0.25, 0.3) is 0 Å². The normalized spacial score (nSPS) is 10.2. The molecule has 114 valence electrons. The number of thioether (sulfide) groups is 1. The van der Waals surface area contributed by atoms with Gasteiger partial charge in [0.15, 0.2) is 5.78 Å². The highest BCUT2D eigenvalue weighted by molar-refractivity contribution is 7.99. The molecule has 0 unspecified atom stereocenters. The SMILES string of the molecule is CC(=O)c1ccc(NC(=O)CCSc2ccc(N)cc2)cc1. The highest BCUT2D eigenvalue weighted by atomic mass is 32.2. The predicted molar refractivity (Wildman–Crippen MR) is 91.3 cm³/mol. The van der Waals surface area contributed by atoms with Crippen LogP contribution < -0.4 is 11.1 Å². The molecule has 0 aliphatic heterocycles. The number of ketones is 1. The molecule has 0 saturated heterocycles. The molecular weight excluding hydrogens is 296 g/mol. The first-order chi connectivity index (χ1) is 10.5. The molecule has 4 nitrogen and oxygen atoms in total. The zero-order chi connectivity index (χ0) is 15.9. The Morgan fingerprint density at radius 1 is 1.05 bits per heavy atom. The van der Waals surface area contributed by atoms with Gasteiger partial charge in [-0.25, -0.2) is 0 Å². The van der Waals surface area contributed by atoms with E-state index in [4.69, 9.17) is 5.73 Å². The zero-order valence-electron chi connectivity index (χ0n) is 12.3. The molecule has 2 aromatic rings. The number of hydrogen-bond donors (Lipinski definition) is 2. The Bertz CT molecular complexity index is 651. The third-order valence-electron chi connectivity index (χ3n) is 3.05. The Labute approximate surface area is 134 Å². The van der Waals surface area contributed by atoms with E-state index in [0.29, 0.717) is 23.4 Å². The first kappa shape index (κ1) is 16.1. The van der Waals surface area contributed by atoms with Gasteiger partial charge in [-0.05, 0) is 55.5 Å². The average molecular weight is 314 g/mol. The lowest BCUT2D eigenvalue weighted by atomic mass is 10.1. The van der Waals surface area contributed by atoms with E-state index in [9.17, 15) is 9.59 Å². The van der Waals surface area contributed by atoms with Crippen LogP contribution in [0, 0.1) is 0 Å². The number of rotatable bonds is 6. The van der Waals surface area contributed by atoms with E-state index >= 15 is 0 Å². The molecule has 0 atom stereocenters. The fourth-order valence-corrected chi connectivity index (χ4v) is 2.69. The van der Waals surface area contributed by atoms with E-state index in [2.05, 4.69) is 5.32 Å². The summed E-state index contributed by atoms with van der Waals surface area (Å²) in [6.45, 7) is 1.52. The lowest BCUT2D eigenvalue weighted by Gasteiger charge is -2.06. The summed E-state index contributed by atoms with van der Waals surface area (Å²) in [6, 6.07) is 14.5. The standard InChI is InChI=1S/C17H18N2O2S/c1-12(20)13-2-6-15(7-3-13)19-17(21)10-11-22-16-8-4-14(18)5-9-16/h2-9H,10-11,18H2,1H3,(H,19,21). The Morgan fingerprint density at radius 2 is 1.68 bits per heavy atom. The Balaban J connectivity index is 1.77. The number of Topliss-reactive ketones (excluding diaryl/α,β-unsaturated/α-hetero) is 1. The van der Waals surface area contributed by atoms with Crippen molar-refractivity contribution in [3.63, 3.8) is 0 Å². The van der Waals surface area contributed by atoms with Crippen molar-refractivity contribution in [1.82, 2.24) is 0 Å². The largest absolute Gasteiger partial charge is 0.399 e. The number of amides is 1. The summed E-state index contributed by atoms with van der Waals surface area (Å²) in [6.07, 6.45) is 0.420. The van der Waals surface area contributed by atoms with Crippen molar-refractivity contribution in [3.8, 4) is 0 Å². The van der Waals surface area contributed by atoms with Crippen LogP contribution in [0.25, 0.3) is 0 Å². The highest BCUT2D eigenvalue weighted by Crippen LogP contribution is 2.20. The number of anilines is 2. The van der Waals surface area contributed by atoms with Crippen molar-refractivity contribution in [2.45, 2.75) is 18.2 Å². The van der Waals surface area contributed by atoms with E-state index in [1.165, 1.54) is 6.92 Å². The lowest BCUT2D eigenvalue weighted by molar-refractivity contribution is -0.115. The maximum absolute atomic E-state index is 11.9. The number of benzene rings is 2. The van der Waals surface area contributed by atoms with E-state index < -0.39 is 0 Å². The third-order valence-corrected chi connectivity index (χ3v) is 4.07. The second kappa shape index (κ2) is 7.66. The van der Waals surface area contributed by atoms with Gasteiger partial charge in [0.1, 0.15) is 0 Å². The van der Waals surface area contributed by atoms with Gasteiger partial charge < -0.3 is 11.1 Å². The van der Waals surface area contributed by atoms with Crippen molar-refractivity contribution < 1.29 is 9.59 Å². The molecule has 0 aliphatic rings. The molecule has 2 aromatic carbocycles. The molecule has 5 heteroatoms. The second-order valence-corrected chi connectivity index (χ2v) is 6.02. The second-order valence-electron chi connectivity index (χ2n) is 4.85. The van der Waals surface area contributed by atoms with Gasteiger partial charge in [0.05, 0.1) is 0 Å². The maximum atomic E-state index is 11.9. The van der Waals surface area contributed by atoms with Gasteiger partial charge in [-0.15, -0.1) is 11.8 Å². The summed E-state index contributed by atoms with van der Waals surface area (Å²) in [5.41, 5.74) is 7.69. The van der Waals surface area contributed by atoms with E-state index in [1.807, 2.05) is 24.3 Å². The highest BCUT2D eigenvalue weighted by Gasteiger charge is 2.04. The van der Waals surface area contributed by atoms with Crippen LogP contribution >= 0.6 is 11.8 Å². The molecule has 0 bridgehead atoms. The molecule has 1 amide bonds. The molecule has 0 saturated carbocycles. The average Bonchev–Trinajstić information content (AvgIpc) is 2.50. The molecule has 0 fully saturated rings. The first-order valence-electron chi connectivity index (χ1n) is 6.94. The van der Waals surface area contributed by atoms with Crippen LogP contribution in [0.1, 0.15) is 23.7 Å². The lowest BCUT2D eigenvalue weighted by Crippen LogP contribution is -2.12. The molecule has 22 heavy (non-hydrogen) atoms. The molecule has 0 spiro atoms. The van der Waals surface area contributed by atoms with E-state index in [0.717, 1.165) is 10.6 Å².